The van der Waals surface area contributed by atoms with Gasteiger partial charge in [0.05, 0.1) is 18.8 Å². The Morgan fingerprint density at radius 2 is 1.88 bits per heavy atom. The summed E-state index contributed by atoms with van der Waals surface area (Å²) in [6.07, 6.45) is 5.83. The Morgan fingerprint density at radius 3 is 2.61 bits per heavy atom. The third-order valence-electron chi connectivity index (χ3n) is 5.79. The fraction of sp³-hybridized carbons (Fsp3) is 0.400. The molecule has 0 radical (unpaired) electrons. The summed E-state index contributed by atoms with van der Waals surface area (Å²) < 4.78 is 7.45. The van der Waals surface area contributed by atoms with Gasteiger partial charge in [0.1, 0.15) is 6.26 Å². The molecule has 1 aromatic carbocycles. The molecule has 8 heteroatoms. The molecule has 0 unspecified atom stereocenters. The van der Waals surface area contributed by atoms with E-state index in [1.165, 1.54) is 11.8 Å². The van der Waals surface area contributed by atoms with Gasteiger partial charge in [-0.05, 0) is 25.5 Å². The van der Waals surface area contributed by atoms with Crippen LogP contribution in [-0.4, -0.2) is 69.7 Å². The molecule has 8 nitrogen and oxygen atoms in total. The molecule has 2 aromatic heterocycles. The number of aromatic nitrogens is 3. The van der Waals surface area contributed by atoms with Crippen LogP contribution >= 0.6 is 0 Å². The lowest BCUT2D eigenvalue weighted by Gasteiger charge is -2.33. The predicted molar refractivity (Wildman–Crippen MR) is 128 cm³/mol. The third kappa shape index (κ3) is 6.63. The molecule has 0 saturated carbocycles. The van der Waals surface area contributed by atoms with Crippen molar-refractivity contribution in [1.29, 1.82) is 0 Å². The normalized spacial score (nSPS) is 15.3. The summed E-state index contributed by atoms with van der Waals surface area (Å²) in [5, 5.41) is 7.29. The lowest BCUT2D eigenvalue weighted by atomic mass is 10.2. The van der Waals surface area contributed by atoms with Gasteiger partial charge >= 0.3 is 0 Å². The SMILES string of the molecule is Cc1cc(C)n(CCNC(=O)c2coc(CN3CCN(CC=Cc4ccccc4)CC3)n2)n1. The Kier molecular flexibility index (Phi) is 7.70. The van der Waals surface area contributed by atoms with E-state index >= 15 is 0 Å². The summed E-state index contributed by atoms with van der Waals surface area (Å²) in [6, 6.07) is 12.4. The molecular weight excluding hydrogens is 416 g/mol. The van der Waals surface area contributed by atoms with Crippen LogP contribution < -0.4 is 5.32 Å². The van der Waals surface area contributed by atoms with Gasteiger partial charge in [-0.2, -0.15) is 5.10 Å². The van der Waals surface area contributed by atoms with Gasteiger partial charge in [0, 0.05) is 45.0 Å². The zero-order valence-electron chi connectivity index (χ0n) is 19.4. The molecule has 1 amide bonds. The molecule has 33 heavy (non-hydrogen) atoms. The van der Waals surface area contributed by atoms with Crippen LogP contribution in [0.25, 0.3) is 6.08 Å². The molecular formula is C25H32N6O2. The largest absolute Gasteiger partial charge is 0.447 e. The zero-order chi connectivity index (χ0) is 23.0. The van der Waals surface area contributed by atoms with Gasteiger partial charge in [0.25, 0.3) is 5.91 Å². The lowest BCUT2D eigenvalue weighted by molar-refractivity contribution is 0.0946. The fourth-order valence-corrected chi connectivity index (χ4v) is 3.98. The van der Waals surface area contributed by atoms with Crippen LogP contribution in [0, 0.1) is 13.8 Å². The minimum absolute atomic E-state index is 0.221. The Morgan fingerprint density at radius 1 is 1.12 bits per heavy atom. The van der Waals surface area contributed by atoms with E-state index in [1.54, 1.807) is 0 Å². The molecule has 4 rings (SSSR count). The standard InChI is InChI=1S/C25H32N6O2/c1-20-17-21(2)31(28-20)12-10-26-25(32)23-19-33-24(27-23)18-30-15-13-29(14-16-30)11-6-9-22-7-4-3-5-8-22/h3-9,17,19H,10-16,18H2,1-2H3,(H,26,32). The van der Waals surface area contributed by atoms with E-state index in [4.69, 9.17) is 4.42 Å². The first-order valence-corrected chi connectivity index (χ1v) is 11.5. The predicted octanol–water partition coefficient (Wildman–Crippen LogP) is 2.75. The van der Waals surface area contributed by atoms with Crippen molar-refractivity contribution in [2.75, 3.05) is 39.3 Å². The van der Waals surface area contributed by atoms with Crippen molar-refractivity contribution in [3.8, 4) is 0 Å². The van der Waals surface area contributed by atoms with E-state index in [-0.39, 0.29) is 5.91 Å². The fourth-order valence-electron chi connectivity index (χ4n) is 3.98. The number of nitrogens with zero attached hydrogens (tertiary/aromatic N) is 5. The van der Waals surface area contributed by atoms with Crippen molar-refractivity contribution < 1.29 is 9.21 Å². The molecule has 1 saturated heterocycles. The highest BCUT2D eigenvalue weighted by Gasteiger charge is 2.19. The quantitative estimate of drug-likeness (QED) is 0.542. The Balaban J connectivity index is 1.17. The van der Waals surface area contributed by atoms with Gasteiger partial charge in [0.2, 0.25) is 5.89 Å². The molecule has 1 N–H and O–H groups in total. The summed E-state index contributed by atoms with van der Waals surface area (Å²) in [5.74, 6) is 0.359. The molecule has 1 aliphatic heterocycles. The van der Waals surface area contributed by atoms with Crippen LogP contribution in [0.2, 0.25) is 0 Å². The van der Waals surface area contributed by atoms with E-state index in [2.05, 4.69) is 61.6 Å². The number of nitrogens with one attached hydrogen (secondary N) is 1. The first-order chi connectivity index (χ1) is 16.1. The average Bonchev–Trinajstić information content (AvgIpc) is 3.41. The first kappa shape index (κ1) is 22.9. The van der Waals surface area contributed by atoms with Crippen molar-refractivity contribution >= 4 is 12.0 Å². The monoisotopic (exact) mass is 448 g/mol. The third-order valence-corrected chi connectivity index (χ3v) is 5.79. The molecule has 1 fully saturated rings. The maximum Gasteiger partial charge on any atom is 0.273 e. The Bertz CT molecular complexity index is 1060. The number of carbonyl (C=O) groups is 1. The Labute approximate surface area is 194 Å². The molecule has 0 aliphatic carbocycles. The first-order valence-electron chi connectivity index (χ1n) is 11.5. The van der Waals surface area contributed by atoms with Crippen LogP contribution in [0.15, 0.2) is 53.2 Å². The van der Waals surface area contributed by atoms with Gasteiger partial charge in [-0.15, -0.1) is 0 Å². The van der Waals surface area contributed by atoms with Gasteiger partial charge in [-0.3, -0.25) is 19.3 Å². The molecule has 174 valence electrons. The van der Waals surface area contributed by atoms with Gasteiger partial charge in [0.15, 0.2) is 5.69 Å². The number of rotatable bonds is 9. The Hall–Kier alpha value is -3.23. The minimum Gasteiger partial charge on any atom is -0.447 e. The van der Waals surface area contributed by atoms with Crippen molar-refractivity contribution in [2.24, 2.45) is 0 Å². The number of benzene rings is 1. The number of hydrogen-bond acceptors (Lipinski definition) is 6. The van der Waals surface area contributed by atoms with Crippen molar-refractivity contribution in [3.63, 3.8) is 0 Å². The highest BCUT2D eigenvalue weighted by Crippen LogP contribution is 2.10. The van der Waals surface area contributed by atoms with Crippen LogP contribution in [0.4, 0.5) is 0 Å². The van der Waals surface area contributed by atoms with Crippen molar-refractivity contribution in [1.82, 2.24) is 29.9 Å². The second-order valence-electron chi connectivity index (χ2n) is 8.42. The topological polar surface area (TPSA) is 79.4 Å². The maximum absolute atomic E-state index is 12.4. The molecule has 0 spiro atoms. The zero-order valence-corrected chi connectivity index (χ0v) is 19.4. The average molecular weight is 449 g/mol. The number of hydrogen-bond donors (Lipinski definition) is 1. The minimum atomic E-state index is -0.221. The van der Waals surface area contributed by atoms with Gasteiger partial charge in [-0.25, -0.2) is 4.98 Å². The molecule has 3 heterocycles. The van der Waals surface area contributed by atoms with Crippen molar-refractivity contribution in [2.45, 2.75) is 26.9 Å². The number of amides is 1. The summed E-state index contributed by atoms with van der Waals surface area (Å²) in [5.41, 5.74) is 3.61. The molecule has 3 aromatic rings. The summed E-state index contributed by atoms with van der Waals surface area (Å²) in [6.45, 7) is 10.5. The van der Waals surface area contributed by atoms with E-state index in [0.717, 1.165) is 44.1 Å². The second kappa shape index (κ2) is 11.1. The van der Waals surface area contributed by atoms with Gasteiger partial charge < -0.3 is 9.73 Å². The summed E-state index contributed by atoms with van der Waals surface area (Å²) in [4.78, 5) is 21.5. The number of piperazine rings is 1. The van der Waals surface area contributed by atoms with Crippen LogP contribution in [0.5, 0.6) is 0 Å². The summed E-state index contributed by atoms with van der Waals surface area (Å²) in [7, 11) is 0. The lowest BCUT2D eigenvalue weighted by Crippen LogP contribution is -2.45. The van der Waals surface area contributed by atoms with Crippen LogP contribution in [0.3, 0.4) is 0 Å². The van der Waals surface area contributed by atoms with Gasteiger partial charge in [-0.1, -0.05) is 42.5 Å². The van der Waals surface area contributed by atoms with Crippen molar-refractivity contribution in [3.05, 3.63) is 77.3 Å². The maximum atomic E-state index is 12.4. The highest BCUT2D eigenvalue weighted by atomic mass is 16.3. The molecule has 0 bridgehead atoms. The number of carbonyl (C=O) groups excluding carboxylic acids is 1. The highest BCUT2D eigenvalue weighted by molar-refractivity contribution is 5.91. The number of oxazole rings is 1. The van der Waals surface area contributed by atoms with E-state index in [1.807, 2.05) is 30.7 Å². The number of aryl methyl sites for hydroxylation is 2. The summed E-state index contributed by atoms with van der Waals surface area (Å²) >= 11 is 0. The van der Waals surface area contributed by atoms with E-state index in [9.17, 15) is 4.79 Å². The molecule has 1 aliphatic rings. The van der Waals surface area contributed by atoms with E-state index in [0.29, 0.717) is 31.2 Å². The second-order valence-corrected chi connectivity index (χ2v) is 8.42. The van der Waals surface area contributed by atoms with Crippen LogP contribution in [-0.2, 0) is 13.1 Å². The smallest absolute Gasteiger partial charge is 0.273 e. The van der Waals surface area contributed by atoms with Crippen LogP contribution in [0.1, 0.15) is 33.3 Å². The van der Waals surface area contributed by atoms with E-state index < -0.39 is 0 Å². The molecule has 0 atom stereocenters.